The molecular weight excluding hydrogens is 278 g/mol. The van der Waals surface area contributed by atoms with E-state index in [0.717, 1.165) is 27.4 Å². The summed E-state index contributed by atoms with van der Waals surface area (Å²) < 4.78 is 2.63. The van der Waals surface area contributed by atoms with Crippen LogP contribution in [0.2, 0.25) is 5.02 Å². The Morgan fingerprint density at radius 3 is 2.84 bits per heavy atom. The third-order valence-corrected chi connectivity index (χ3v) is 3.73. The summed E-state index contributed by atoms with van der Waals surface area (Å²) in [5.41, 5.74) is 3.81. The van der Waals surface area contributed by atoms with Gasteiger partial charge in [0, 0.05) is 10.7 Å². The van der Waals surface area contributed by atoms with E-state index in [1.54, 1.807) is 0 Å². The number of aryl methyl sites for hydroxylation is 1. The molecule has 0 aliphatic heterocycles. The van der Waals surface area contributed by atoms with Gasteiger partial charge in [-0.2, -0.15) is 0 Å². The number of aromatic amines is 1. The first kappa shape index (κ1) is 12.4. The van der Waals surface area contributed by atoms with Crippen LogP contribution in [-0.4, -0.2) is 14.5 Å². The zero-order valence-electron chi connectivity index (χ0n) is 10.4. The lowest BCUT2D eigenvalue weighted by atomic mass is 10.2. The van der Waals surface area contributed by atoms with Crippen LogP contribution in [0.15, 0.2) is 36.4 Å². The van der Waals surface area contributed by atoms with E-state index in [9.17, 15) is 0 Å². The first-order valence-electron chi connectivity index (χ1n) is 5.95. The quantitative estimate of drug-likeness (QED) is 0.721. The Hall–Kier alpha value is -1.65. The second kappa shape index (κ2) is 4.79. The molecule has 3 rings (SSSR count). The molecule has 0 fully saturated rings. The first-order valence-corrected chi connectivity index (χ1v) is 6.73. The highest BCUT2D eigenvalue weighted by Crippen LogP contribution is 2.19. The lowest BCUT2D eigenvalue weighted by Crippen LogP contribution is -2.01. The molecule has 0 aliphatic rings. The zero-order chi connectivity index (χ0) is 13.4. The number of aromatic nitrogens is 3. The molecule has 0 atom stereocenters. The van der Waals surface area contributed by atoms with Gasteiger partial charge in [-0.15, -0.1) is 0 Å². The monoisotopic (exact) mass is 289 g/mol. The number of hydrogen-bond donors (Lipinski definition) is 1. The van der Waals surface area contributed by atoms with E-state index >= 15 is 0 Å². The van der Waals surface area contributed by atoms with Crippen molar-refractivity contribution in [2.45, 2.75) is 13.5 Å². The second-order valence-corrected chi connectivity index (χ2v) is 5.23. The largest absolute Gasteiger partial charge is 0.329 e. The second-order valence-electron chi connectivity index (χ2n) is 4.43. The fourth-order valence-corrected chi connectivity index (χ4v) is 2.53. The molecule has 0 aliphatic carbocycles. The minimum absolute atomic E-state index is 0.620. The summed E-state index contributed by atoms with van der Waals surface area (Å²) in [4.78, 5) is 7.71. The number of imidazole rings is 1. The number of nitrogens with zero attached hydrogens (tertiary/aromatic N) is 2. The van der Waals surface area contributed by atoms with E-state index in [1.807, 2.05) is 47.9 Å². The lowest BCUT2D eigenvalue weighted by molar-refractivity contribution is 0.799. The molecule has 0 unspecified atom stereocenters. The summed E-state index contributed by atoms with van der Waals surface area (Å²) in [6, 6.07) is 11.7. The van der Waals surface area contributed by atoms with Gasteiger partial charge in [0.2, 0.25) is 0 Å². The van der Waals surface area contributed by atoms with E-state index in [-0.39, 0.29) is 0 Å². The van der Waals surface area contributed by atoms with Crippen molar-refractivity contribution in [3.05, 3.63) is 57.4 Å². The molecule has 5 heteroatoms. The summed E-state index contributed by atoms with van der Waals surface area (Å²) in [6.07, 6.45) is 0. The van der Waals surface area contributed by atoms with Gasteiger partial charge in [-0.05, 0) is 42.9 Å². The Morgan fingerprint density at radius 2 is 2.05 bits per heavy atom. The summed E-state index contributed by atoms with van der Waals surface area (Å²) in [7, 11) is 0. The molecule has 96 valence electrons. The van der Waals surface area contributed by atoms with Gasteiger partial charge in [0.15, 0.2) is 10.4 Å². The van der Waals surface area contributed by atoms with E-state index in [1.165, 1.54) is 0 Å². The molecule has 2 aromatic heterocycles. The predicted molar refractivity (Wildman–Crippen MR) is 80.2 cm³/mol. The van der Waals surface area contributed by atoms with Crippen molar-refractivity contribution >= 4 is 35.0 Å². The summed E-state index contributed by atoms with van der Waals surface area (Å²) in [5.74, 6) is 0. The molecule has 0 spiro atoms. The predicted octanol–water partition coefficient (Wildman–Crippen LogP) is 4.10. The molecule has 3 nitrogen and oxygen atoms in total. The number of halogens is 1. The smallest absolute Gasteiger partial charge is 0.179 e. The summed E-state index contributed by atoms with van der Waals surface area (Å²) in [6.45, 7) is 2.59. The van der Waals surface area contributed by atoms with Crippen LogP contribution >= 0.6 is 23.8 Å². The van der Waals surface area contributed by atoms with Gasteiger partial charge < -0.3 is 4.98 Å². The van der Waals surface area contributed by atoms with E-state index < -0.39 is 0 Å². The maximum Gasteiger partial charge on any atom is 0.179 e. The number of fused-ring (bicyclic) bond motifs is 1. The minimum atomic E-state index is 0.620. The fourth-order valence-electron chi connectivity index (χ4n) is 2.07. The molecule has 0 saturated heterocycles. The first-order chi connectivity index (χ1) is 9.15. The number of benzene rings is 1. The van der Waals surface area contributed by atoms with Crippen molar-refractivity contribution in [3.8, 4) is 0 Å². The normalized spacial score (nSPS) is 11.1. The van der Waals surface area contributed by atoms with Crippen molar-refractivity contribution in [2.24, 2.45) is 0 Å². The maximum atomic E-state index is 6.20. The van der Waals surface area contributed by atoms with Crippen LogP contribution in [0.4, 0.5) is 0 Å². The molecular formula is C14H12ClN3S. The zero-order valence-corrected chi connectivity index (χ0v) is 11.9. The van der Waals surface area contributed by atoms with Crippen molar-refractivity contribution in [1.82, 2.24) is 14.5 Å². The topological polar surface area (TPSA) is 33.6 Å². The third kappa shape index (κ3) is 2.29. The van der Waals surface area contributed by atoms with Gasteiger partial charge in [-0.3, -0.25) is 4.57 Å². The standard InChI is InChI=1S/C14H12ClN3S/c1-9-6-7-12-13(16-9)18(14(19)17-12)8-10-4-2-3-5-11(10)15/h2-7H,8H2,1H3,(H,17,19). The Morgan fingerprint density at radius 1 is 1.26 bits per heavy atom. The van der Waals surface area contributed by atoms with Crippen LogP contribution in [-0.2, 0) is 6.54 Å². The summed E-state index contributed by atoms with van der Waals surface area (Å²) >= 11 is 11.6. The third-order valence-electron chi connectivity index (χ3n) is 3.04. The summed E-state index contributed by atoms with van der Waals surface area (Å²) in [5, 5.41) is 0.742. The molecule has 0 radical (unpaired) electrons. The fraction of sp³-hybridized carbons (Fsp3) is 0.143. The average molecular weight is 290 g/mol. The van der Waals surface area contributed by atoms with Crippen LogP contribution < -0.4 is 0 Å². The van der Waals surface area contributed by atoms with Crippen molar-refractivity contribution in [2.75, 3.05) is 0 Å². The van der Waals surface area contributed by atoms with Gasteiger partial charge in [-0.1, -0.05) is 29.8 Å². The molecule has 0 amide bonds. The van der Waals surface area contributed by atoms with Crippen LogP contribution in [0.3, 0.4) is 0 Å². The van der Waals surface area contributed by atoms with Crippen LogP contribution in [0, 0.1) is 11.7 Å². The number of pyridine rings is 1. The number of H-pyrrole nitrogens is 1. The minimum Gasteiger partial charge on any atom is -0.329 e. The highest BCUT2D eigenvalue weighted by atomic mass is 35.5. The molecule has 0 saturated carbocycles. The maximum absolute atomic E-state index is 6.20. The highest BCUT2D eigenvalue weighted by Gasteiger charge is 2.08. The Kier molecular flexibility index (Phi) is 3.12. The molecule has 2 heterocycles. The number of nitrogens with one attached hydrogen (secondary N) is 1. The van der Waals surface area contributed by atoms with Crippen molar-refractivity contribution < 1.29 is 0 Å². The Bertz CT molecular complexity index is 804. The molecule has 1 N–H and O–H groups in total. The van der Waals surface area contributed by atoms with Gasteiger partial charge in [0.1, 0.15) is 0 Å². The van der Waals surface area contributed by atoms with Crippen molar-refractivity contribution in [3.63, 3.8) is 0 Å². The Balaban J connectivity index is 2.15. The number of rotatable bonds is 2. The van der Waals surface area contributed by atoms with Crippen molar-refractivity contribution in [1.29, 1.82) is 0 Å². The van der Waals surface area contributed by atoms with Gasteiger partial charge in [-0.25, -0.2) is 4.98 Å². The lowest BCUT2D eigenvalue weighted by Gasteiger charge is -2.06. The van der Waals surface area contributed by atoms with Crippen LogP contribution in [0.5, 0.6) is 0 Å². The van der Waals surface area contributed by atoms with Crippen LogP contribution in [0.1, 0.15) is 11.3 Å². The highest BCUT2D eigenvalue weighted by molar-refractivity contribution is 7.71. The molecule has 0 bridgehead atoms. The average Bonchev–Trinajstić information content (AvgIpc) is 2.69. The Labute approximate surface area is 120 Å². The van der Waals surface area contributed by atoms with Crippen LogP contribution in [0.25, 0.3) is 11.2 Å². The number of hydrogen-bond acceptors (Lipinski definition) is 2. The molecule has 1 aromatic carbocycles. The van der Waals surface area contributed by atoms with Gasteiger partial charge >= 0.3 is 0 Å². The SMILES string of the molecule is Cc1ccc2[nH]c(=S)n(Cc3ccccc3Cl)c2n1. The van der Waals surface area contributed by atoms with Gasteiger partial charge in [0.05, 0.1) is 12.1 Å². The molecule has 3 aromatic rings. The van der Waals surface area contributed by atoms with E-state index in [2.05, 4.69) is 9.97 Å². The van der Waals surface area contributed by atoms with Gasteiger partial charge in [0.25, 0.3) is 0 Å². The van der Waals surface area contributed by atoms with E-state index in [0.29, 0.717) is 11.3 Å². The molecule has 19 heavy (non-hydrogen) atoms. The van der Waals surface area contributed by atoms with E-state index in [4.69, 9.17) is 23.8 Å².